The molecule has 6 N–H and O–H groups in total. The van der Waals surface area contributed by atoms with Crippen molar-refractivity contribution in [2.24, 2.45) is 11.7 Å². The molecular weight excluding hydrogens is 354 g/mol. The number of hydrogen-bond acceptors (Lipinski definition) is 5. The zero-order chi connectivity index (χ0) is 20.6. The lowest BCUT2D eigenvalue weighted by atomic mass is 10.0. The molecular formula is C18H25N3O6. The third-order valence-corrected chi connectivity index (χ3v) is 3.93. The van der Waals surface area contributed by atoms with Crippen LogP contribution in [0.4, 0.5) is 0 Å². The summed E-state index contributed by atoms with van der Waals surface area (Å²) in [7, 11) is 0. The van der Waals surface area contributed by atoms with E-state index in [0.717, 1.165) is 0 Å². The monoisotopic (exact) mass is 379 g/mol. The molecule has 27 heavy (non-hydrogen) atoms. The second-order valence-electron chi connectivity index (χ2n) is 6.52. The molecule has 3 atom stereocenters. The molecule has 148 valence electrons. The van der Waals surface area contributed by atoms with E-state index in [9.17, 15) is 24.3 Å². The molecule has 0 bridgehead atoms. The first kappa shape index (κ1) is 22.1. The summed E-state index contributed by atoms with van der Waals surface area (Å²) in [5.74, 6) is -4.38. The quantitative estimate of drug-likeness (QED) is 0.374. The number of benzene rings is 1. The Kier molecular flexibility index (Phi) is 8.40. The molecule has 0 aliphatic heterocycles. The van der Waals surface area contributed by atoms with Crippen molar-refractivity contribution >= 4 is 23.8 Å². The van der Waals surface area contributed by atoms with E-state index in [1.807, 2.05) is 0 Å². The predicted molar refractivity (Wildman–Crippen MR) is 96.7 cm³/mol. The van der Waals surface area contributed by atoms with Gasteiger partial charge in [-0.3, -0.25) is 14.4 Å². The Morgan fingerprint density at radius 3 is 2.00 bits per heavy atom. The van der Waals surface area contributed by atoms with Crippen LogP contribution < -0.4 is 16.4 Å². The Balaban J connectivity index is 2.87. The zero-order valence-corrected chi connectivity index (χ0v) is 15.2. The summed E-state index contributed by atoms with van der Waals surface area (Å²) < 4.78 is 0. The number of aliphatic carboxylic acids is 2. The van der Waals surface area contributed by atoms with Crippen LogP contribution in [0.5, 0.6) is 0 Å². The van der Waals surface area contributed by atoms with Gasteiger partial charge < -0.3 is 26.6 Å². The molecule has 0 unspecified atom stereocenters. The third-order valence-electron chi connectivity index (χ3n) is 3.93. The summed E-state index contributed by atoms with van der Waals surface area (Å²) in [6.45, 7) is 3.41. The van der Waals surface area contributed by atoms with Crippen LogP contribution in [-0.2, 0) is 25.6 Å². The van der Waals surface area contributed by atoms with Crippen LogP contribution >= 0.6 is 0 Å². The maximum atomic E-state index is 12.4. The van der Waals surface area contributed by atoms with Crippen molar-refractivity contribution < 1.29 is 29.4 Å². The molecule has 0 spiro atoms. The van der Waals surface area contributed by atoms with E-state index < -0.39 is 48.3 Å². The molecule has 1 aromatic rings. The lowest BCUT2D eigenvalue weighted by Crippen LogP contribution is -2.56. The molecule has 9 nitrogen and oxygen atoms in total. The van der Waals surface area contributed by atoms with Crippen LogP contribution in [0.1, 0.15) is 25.8 Å². The Morgan fingerprint density at radius 1 is 0.963 bits per heavy atom. The van der Waals surface area contributed by atoms with Crippen LogP contribution in [0.25, 0.3) is 0 Å². The SMILES string of the molecule is CC(C)[C@H](N)C(=O)N[C@@H](CC(=O)O)C(=O)N[C@@H](Cc1ccccc1)C(=O)O. The minimum atomic E-state index is -1.43. The fourth-order valence-corrected chi connectivity index (χ4v) is 2.28. The van der Waals surface area contributed by atoms with Gasteiger partial charge in [-0.25, -0.2) is 4.79 Å². The van der Waals surface area contributed by atoms with Crippen LogP contribution in [0.2, 0.25) is 0 Å². The van der Waals surface area contributed by atoms with Crippen LogP contribution in [0.15, 0.2) is 30.3 Å². The molecule has 1 rings (SSSR count). The highest BCUT2D eigenvalue weighted by Crippen LogP contribution is 2.05. The second kappa shape index (κ2) is 10.3. The first-order chi connectivity index (χ1) is 12.6. The summed E-state index contributed by atoms with van der Waals surface area (Å²) in [4.78, 5) is 47.0. The molecule has 0 fully saturated rings. The number of hydrogen-bond donors (Lipinski definition) is 5. The number of carbonyl (C=O) groups is 4. The lowest BCUT2D eigenvalue weighted by Gasteiger charge is -2.23. The summed E-state index contributed by atoms with van der Waals surface area (Å²) in [5, 5.41) is 22.9. The minimum Gasteiger partial charge on any atom is -0.481 e. The fraction of sp³-hybridized carbons (Fsp3) is 0.444. The van der Waals surface area contributed by atoms with E-state index in [4.69, 9.17) is 10.8 Å². The highest BCUT2D eigenvalue weighted by molar-refractivity contribution is 5.94. The van der Waals surface area contributed by atoms with Crippen molar-refractivity contribution in [2.75, 3.05) is 0 Å². The highest BCUT2D eigenvalue weighted by Gasteiger charge is 2.30. The van der Waals surface area contributed by atoms with Crippen molar-refractivity contribution in [1.29, 1.82) is 0 Å². The standard InChI is InChI=1S/C18H25N3O6/c1-10(2)15(19)17(25)20-12(9-14(22)23)16(24)21-13(18(26)27)8-11-6-4-3-5-7-11/h3-7,10,12-13,15H,8-9,19H2,1-2H3,(H,20,25)(H,21,24)(H,22,23)(H,26,27)/t12-,13-,15-/m0/s1. The van der Waals surface area contributed by atoms with Crippen molar-refractivity contribution in [3.8, 4) is 0 Å². The van der Waals surface area contributed by atoms with E-state index in [2.05, 4.69) is 10.6 Å². The van der Waals surface area contributed by atoms with Gasteiger partial charge in [0.25, 0.3) is 0 Å². The second-order valence-corrected chi connectivity index (χ2v) is 6.52. The summed E-state index contributed by atoms with van der Waals surface area (Å²) in [6.07, 6.45) is -0.679. The van der Waals surface area contributed by atoms with E-state index >= 15 is 0 Å². The average molecular weight is 379 g/mol. The van der Waals surface area contributed by atoms with Crippen LogP contribution in [-0.4, -0.2) is 52.1 Å². The molecule has 0 saturated carbocycles. The predicted octanol–water partition coefficient (Wildman–Crippen LogP) is -0.259. The van der Waals surface area contributed by atoms with Gasteiger partial charge in [-0.1, -0.05) is 44.2 Å². The normalized spacial score (nSPS) is 14.1. The largest absolute Gasteiger partial charge is 0.481 e. The van der Waals surface area contributed by atoms with Crippen molar-refractivity contribution in [2.45, 2.75) is 44.8 Å². The Hall–Kier alpha value is -2.94. The van der Waals surface area contributed by atoms with Gasteiger partial charge in [-0.15, -0.1) is 0 Å². The van der Waals surface area contributed by atoms with Crippen molar-refractivity contribution in [3.63, 3.8) is 0 Å². The van der Waals surface area contributed by atoms with Gasteiger partial charge in [0.05, 0.1) is 12.5 Å². The lowest BCUT2D eigenvalue weighted by molar-refractivity contribution is -0.143. The molecule has 2 amide bonds. The van der Waals surface area contributed by atoms with E-state index in [-0.39, 0.29) is 12.3 Å². The van der Waals surface area contributed by atoms with Gasteiger partial charge in [0.2, 0.25) is 11.8 Å². The highest BCUT2D eigenvalue weighted by atomic mass is 16.4. The van der Waals surface area contributed by atoms with E-state index in [0.29, 0.717) is 5.56 Å². The minimum absolute atomic E-state index is 0.0150. The smallest absolute Gasteiger partial charge is 0.326 e. The molecule has 9 heteroatoms. The summed E-state index contributed by atoms with van der Waals surface area (Å²) in [6, 6.07) is 5.03. The number of rotatable bonds is 10. The number of carboxylic acids is 2. The van der Waals surface area contributed by atoms with Crippen LogP contribution in [0, 0.1) is 5.92 Å². The molecule has 0 aliphatic carbocycles. The van der Waals surface area contributed by atoms with Crippen LogP contribution in [0.3, 0.4) is 0 Å². The maximum absolute atomic E-state index is 12.4. The van der Waals surface area contributed by atoms with Crippen molar-refractivity contribution in [1.82, 2.24) is 10.6 Å². The number of amides is 2. The van der Waals surface area contributed by atoms with Crippen molar-refractivity contribution in [3.05, 3.63) is 35.9 Å². The van der Waals surface area contributed by atoms with Gasteiger partial charge >= 0.3 is 11.9 Å². The third kappa shape index (κ3) is 7.45. The number of carboxylic acid groups (broad SMARTS) is 2. The number of nitrogens with two attached hydrogens (primary N) is 1. The van der Waals surface area contributed by atoms with E-state index in [1.54, 1.807) is 44.2 Å². The Labute approximate surface area is 156 Å². The average Bonchev–Trinajstić information content (AvgIpc) is 2.59. The Morgan fingerprint density at radius 2 is 1.52 bits per heavy atom. The van der Waals surface area contributed by atoms with Gasteiger partial charge in [0.15, 0.2) is 0 Å². The van der Waals surface area contributed by atoms with Gasteiger partial charge in [0, 0.05) is 6.42 Å². The molecule has 0 aliphatic rings. The topological polar surface area (TPSA) is 159 Å². The van der Waals surface area contributed by atoms with Gasteiger partial charge in [0.1, 0.15) is 12.1 Å². The molecule has 0 saturated heterocycles. The maximum Gasteiger partial charge on any atom is 0.326 e. The number of nitrogens with one attached hydrogen (secondary N) is 2. The Bertz CT molecular complexity index is 677. The first-order valence-corrected chi connectivity index (χ1v) is 8.46. The fourth-order valence-electron chi connectivity index (χ4n) is 2.28. The zero-order valence-electron chi connectivity index (χ0n) is 15.2. The van der Waals surface area contributed by atoms with Gasteiger partial charge in [-0.2, -0.15) is 0 Å². The molecule has 0 heterocycles. The molecule has 1 aromatic carbocycles. The molecule has 0 aromatic heterocycles. The van der Waals surface area contributed by atoms with E-state index in [1.165, 1.54) is 0 Å². The van der Waals surface area contributed by atoms with Gasteiger partial charge in [-0.05, 0) is 11.5 Å². The summed E-state index contributed by atoms with van der Waals surface area (Å²) in [5.41, 5.74) is 6.39. The molecule has 0 radical (unpaired) electrons. The number of carbonyl (C=O) groups excluding carboxylic acids is 2. The summed E-state index contributed by atoms with van der Waals surface area (Å²) >= 11 is 0. The first-order valence-electron chi connectivity index (χ1n) is 8.46.